The number of hydrogen-bond acceptors (Lipinski definition) is 2. The molecule has 0 spiro atoms. The van der Waals surface area contributed by atoms with Gasteiger partial charge in [-0.2, -0.15) is 0 Å². The van der Waals surface area contributed by atoms with Crippen LogP contribution in [0, 0.1) is 5.82 Å². The zero-order valence-electron chi connectivity index (χ0n) is 8.26. The van der Waals surface area contributed by atoms with Crippen LogP contribution in [0.1, 0.15) is 25.1 Å². The topological polar surface area (TPSA) is 54.7 Å². The third-order valence-electron chi connectivity index (χ3n) is 3.16. The number of nitrogens with one attached hydrogen (secondary N) is 1. The van der Waals surface area contributed by atoms with Crippen molar-refractivity contribution in [1.29, 1.82) is 0 Å². The van der Waals surface area contributed by atoms with Gasteiger partial charge in [-0.25, -0.2) is 9.37 Å². The second kappa shape index (κ2) is 2.79. The molecular formula is C11H12FN3. The normalized spacial score (nSPS) is 19.1. The number of rotatable bonds is 1. The van der Waals surface area contributed by atoms with Crippen molar-refractivity contribution >= 4 is 11.0 Å². The molecule has 2 aromatic rings. The number of benzene rings is 1. The minimum atomic E-state index is -0.310. The van der Waals surface area contributed by atoms with Gasteiger partial charge in [-0.3, -0.25) is 0 Å². The van der Waals surface area contributed by atoms with Gasteiger partial charge in [0.1, 0.15) is 11.6 Å². The van der Waals surface area contributed by atoms with E-state index >= 15 is 0 Å². The van der Waals surface area contributed by atoms with Crippen molar-refractivity contribution in [2.45, 2.75) is 24.8 Å². The number of fused-ring (bicyclic) bond motifs is 1. The SMILES string of the molecule is NC1(c2nc3ccc(F)cc3[nH]2)CCC1. The molecule has 1 fully saturated rings. The highest BCUT2D eigenvalue weighted by molar-refractivity contribution is 5.75. The molecule has 0 amide bonds. The molecule has 4 heteroatoms. The standard InChI is InChI=1S/C11H12FN3/c12-7-2-3-8-9(6-7)15-10(14-8)11(13)4-1-5-11/h2-3,6H,1,4-5,13H2,(H,14,15). The minimum absolute atomic E-state index is 0.252. The van der Waals surface area contributed by atoms with Crippen molar-refractivity contribution in [3.8, 4) is 0 Å². The van der Waals surface area contributed by atoms with Crippen molar-refractivity contribution in [2.75, 3.05) is 0 Å². The van der Waals surface area contributed by atoms with Crippen LogP contribution in [-0.4, -0.2) is 9.97 Å². The largest absolute Gasteiger partial charge is 0.340 e. The van der Waals surface area contributed by atoms with Gasteiger partial charge >= 0.3 is 0 Å². The van der Waals surface area contributed by atoms with E-state index < -0.39 is 0 Å². The van der Waals surface area contributed by atoms with Gasteiger partial charge in [-0.1, -0.05) is 0 Å². The molecule has 78 valence electrons. The summed E-state index contributed by atoms with van der Waals surface area (Å²) in [5, 5.41) is 0. The third kappa shape index (κ3) is 1.25. The van der Waals surface area contributed by atoms with Gasteiger partial charge in [0, 0.05) is 0 Å². The van der Waals surface area contributed by atoms with Gasteiger partial charge in [0.15, 0.2) is 0 Å². The summed E-state index contributed by atoms with van der Waals surface area (Å²) in [6.45, 7) is 0. The van der Waals surface area contributed by atoms with Crippen molar-refractivity contribution < 1.29 is 4.39 Å². The number of aromatic nitrogens is 2. The summed E-state index contributed by atoms with van der Waals surface area (Å²) in [6.07, 6.45) is 3.05. The van der Waals surface area contributed by atoms with Crippen LogP contribution in [0.15, 0.2) is 18.2 Å². The van der Waals surface area contributed by atoms with Gasteiger partial charge in [-0.05, 0) is 37.5 Å². The highest BCUT2D eigenvalue weighted by atomic mass is 19.1. The summed E-state index contributed by atoms with van der Waals surface area (Å²) in [6, 6.07) is 4.54. The fourth-order valence-electron chi connectivity index (χ4n) is 2.01. The van der Waals surface area contributed by atoms with Gasteiger partial charge in [0.2, 0.25) is 0 Å². The lowest BCUT2D eigenvalue weighted by Gasteiger charge is -2.35. The summed E-state index contributed by atoms with van der Waals surface area (Å²) in [5.74, 6) is 0.534. The highest BCUT2D eigenvalue weighted by Gasteiger charge is 2.37. The molecule has 1 aliphatic rings. The van der Waals surface area contributed by atoms with Crippen LogP contribution in [0.3, 0.4) is 0 Å². The molecular weight excluding hydrogens is 193 g/mol. The molecule has 0 atom stereocenters. The first kappa shape index (κ1) is 8.85. The lowest BCUT2D eigenvalue weighted by molar-refractivity contribution is 0.240. The Morgan fingerprint density at radius 1 is 1.40 bits per heavy atom. The van der Waals surface area contributed by atoms with Crippen LogP contribution < -0.4 is 5.73 Å². The Bertz CT molecular complexity index is 514. The third-order valence-corrected chi connectivity index (χ3v) is 3.16. The van der Waals surface area contributed by atoms with E-state index in [1.54, 1.807) is 6.07 Å². The van der Waals surface area contributed by atoms with Gasteiger partial charge in [-0.15, -0.1) is 0 Å². The Kier molecular flexibility index (Phi) is 1.65. The number of halogens is 1. The molecule has 0 bridgehead atoms. The maximum Gasteiger partial charge on any atom is 0.127 e. The number of H-pyrrole nitrogens is 1. The number of hydrogen-bond donors (Lipinski definition) is 2. The summed E-state index contributed by atoms with van der Waals surface area (Å²) >= 11 is 0. The predicted molar refractivity (Wildman–Crippen MR) is 55.8 cm³/mol. The molecule has 0 aliphatic heterocycles. The van der Waals surface area contributed by atoms with Gasteiger partial charge in [0.25, 0.3) is 0 Å². The van der Waals surface area contributed by atoms with E-state index in [9.17, 15) is 4.39 Å². The van der Waals surface area contributed by atoms with E-state index in [0.717, 1.165) is 36.1 Å². The first-order chi connectivity index (χ1) is 7.17. The molecule has 1 heterocycles. The van der Waals surface area contributed by atoms with Crippen LogP contribution in [0.2, 0.25) is 0 Å². The summed E-state index contributed by atoms with van der Waals surface area (Å²) < 4.78 is 13.0. The number of nitrogens with two attached hydrogens (primary N) is 1. The Labute approximate surface area is 86.5 Å². The second-order valence-electron chi connectivity index (χ2n) is 4.26. The number of nitrogens with zero attached hydrogens (tertiary/aromatic N) is 1. The molecule has 1 saturated carbocycles. The monoisotopic (exact) mass is 205 g/mol. The first-order valence-electron chi connectivity index (χ1n) is 5.12. The molecule has 0 saturated heterocycles. The fourth-order valence-corrected chi connectivity index (χ4v) is 2.01. The predicted octanol–water partition coefficient (Wildman–Crippen LogP) is 2.04. The van der Waals surface area contributed by atoms with E-state index in [2.05, 4.69) is 9.97 Å². The average Bonchev–Trinajstić information content (AvgIpc) is 2.57. The minimum Gasteiger partial charge on any atom is -0.340 e. The quantitative estimate of drug-likeness (QED) is 0.748. The van der Waals surface area contributed by atoms with Crippen molar-refractivity contribution in [3.63, 3.8) is 0 Å². The lowest BCUT2D eigenvalue weighted by Crippen LogP contribution is -2.44. The van der Waals surface area contributed by atoms with Crippen molar-refractivity contribution in [3.05, 3.63) is 29.8 Å². The second-order valence-corrected chi connectivity index (χ2v) is 4.26. The van der Waals surface area contributed by atoms with Crippen molar-refractivity contribution in [1.82, 2.24) is 9.97 Å². The Balaban J connectivity index is 2.14. The van der Waals surface area contributed by atoms with Gasteiger partial charge in [0.05, 0.1) is 16.6 Å². The Morgan fingerprint density at radius 3 is 2.87 bits per heavy atom. The van der Waals surface area contributed by atoms with Crippen molar-refractivity contribution in [2.24, 2.45) is 5.73 Å². The first-order valence-corrected chi connectivity index (χ1v) is 5.12. The average molecular weight is 205 g/mol. The zero-order valence-corrected chi connectivity index (χ0v) is 8.26. The molecule has 15 heavy (non-hydrogen) atoms. The Morgan fingerprint density at radius 2 is 2.20 bits per heavy atom. The van der Waals surface area contributed by atoms with Crippen LogP contribution in [0.4, 0.5) is 4.39 Å². The molecule has 1 aromatic carbocycles. The molecule has 1 aliphatic carbocycles. The smallest absolute Gasteiger partial charge is 0.127 e. The molecule has 0 unspecified atom stereocenters. The summed E-state index contributed by atoms with van der Waals surface area (Å²) in [7, 11) is 0. The molecule has 3 rings (SSSR count). The number of aromatic amines is 1. The zero-order chi connectivity index (χ0) is 10.5. The molecule has 3 nitrogen and oxygen atoms in total. The van der Waals surface area contributed by atoms with Crippen LogP contribution in [0.25, 0.3) is 11.0 Å². The van der Waals surface area contributed by atoms with E-state index in [-0.39, 0.29) is 11.4 Å². The van der Waals surface area contributed by atoms with E-state index in [1.165, 1.54) is 12.1 Å². The maximum atomic E-state index is 13.0. The Hall–Kier alpha value is -1.42. The van der Waals surface area contributed by atoms with Crippen LogP contribution in [0.5, 0.6) is 0 Å². The molecule has 1 aromatic heterocycles. The molecule has 0 radical (unpaired) electrons. The summed E-state index contributed by atoms with van der Waals surface area (Å²) in [4.78, 5) is 7.50. The van der Waals surface area contributed by atoms with Crippen LogP contribution >= 0.6 is 0 Å². The molecule has 3 N–H and O–H groups in total. The number of imidazole rings is 1. The maximum absolute atomic E-state index is 13.0. The summed E-state index contributed by atoms with van der Waals surface area (Å²) in [5.41, 5.74) is 7.33. The fraction of sp³-hybridized carbons (Fsp3) is 0.364. The lowest BCUT2D eigenvalue weighted by atomic mass is 9.77. The van der Waals surface area contributed by atoms with Gasteiger partial charge < -0.3 is 10.7 Å². The van der Waals surface area contributed by atoms with E-state index in [4.69, 9.17) is 5.73 Å². The highest BCUT2D eigenvalue weighted by Crippen LogP contribution is 2.37. The van der Waals surface area contributed by atoms with E-state index in [0.29, 0.717) is 0 Å². The van der Waals surface area contributed by atoms with E-state index in [1.807, 2.05) is 0 Å². The van der Waals surface area contributed by atoms with Crippen LogP contribution in [-0.2, 0) is 5.54 Å².